The van der Waals surface area contributed by atoms with Gasteiger partial charge >= 0.3 is 0 Å². The third-order valence-electron chi connectivity index (χ3n) is 6.41. The summed E-state index contributed by atoms with van der Waals surface area (Å²) >= 11 is 0. The van der Waals surface area contributed by atoms with Crippen LogP contribution in [0.3, 0.4) is 0 Å². The summed E-state index contributed by atoms with van der Waals surface area (Å²) < 4.78 is 5.47. The predicted octanol–water partition coefficient (Wildman–Crippen LogP) is 2.06. The zero-order chi connectivity index (χ0) is 19.8. The average molecular weight is 521 g/mol. The highest BCUT2D eigenvalue weighted by Crippen LogP contribution is 2.25. The van der Waals surface area contributed by atoms with Crippen molar-refractivity contribution in [3.8, 4) is 0 Å². The second-order valence-corrected chi connectivity index (χ2v) is 8.81. The van der Waals surface area contributed by atoms with E-state index in [4.69, 9.17) is 4.74 Å². The zero-order valence-electron chi connectivity index (χ0n) is 18.2. The number of nitrogens with one attached hydrogen (secondary N) is 2. The molecule has 3 aliphatic rings. The highest BCUT2D eigenvalue weighted by atomic mass is 127. The Morgan fingerprint density at radius 2 is 1.83 bits per heavy atom. The number of aliphatic imine (C=N–C) groups is 1. The Bertz CT molecular complexity index is 511. The largest absolute Gasteiger partial charge is 0.381 e. The van der Waals surface area contributed by atoms with Gasteiger partial charge in [-0.1, -0.05) is 19.3 Å². The van der Waals surface area contributed by atoms with Gasteiger partial charge in [-0.15, -0.1) is 24.0 Å². The van der Waals surface area contributed by atoms with Gasteiger partial charge in [0.2, 0.25) is 5.91 Å². The van der Waals surface area contributed by atoms with Crippen LogP contribution in [0.1, 0.15) is 51.4 Å². The number of carbonyl (C=O) groups is 1. The summed E-state index contributed by atoms with van der Waals surface area (Å²) in [5.74, 6) is 1.33. The van der Waals surface area contributed by atoms with Crippen LogP contribution in [0.15, 0.2) is 4.99 Å². The van der Waals surface area contributed by atoms with Crippen molar-refractivity contribution in [3.05, 3.63) is 0 Å². The first-order valence-electron chi connectivity index (χ1n) is 11.2. The van der Waals surface area contributed by atoms with E-state index in [9.17, 15) is 4.79 Å². The van der Waals surface area contributed by atoms with Gasteiger partial charge < -0.3 is 25.2 Å². The molecule has 2 aliphatic heterocycles. The van der Waals surface area contributed by atoms with Gasteiger partial charge in [0.1, 0.15) is 6.54 Å². The average Bonchev–Trinajstić information content (AvgIpc) is 3.24. The lowest BCUT2D eigenvalue weighted by atomic mass is 9.92. The van der Waals surface area contributed by atoms with Crippen molar-refractivity contribution in [1.82, 2.24) is 20.4 Å². The van der Waals surface area contributed by atoms with Crippen LogP contribution in [0.2, 0.25) is 0 Å². The molecule has 168 valence electrons. The molecule has 0 aromatic heterocycles. The van der Waals surface area contributed by atoms with E-state index in [2.05, 4.69) is 20.5 Å². The number of hydrogen-bond donors (Lipinski definition) is 2. The van der Waals surface area contributed by atoms with Crippen molar-refractivity contribution >= 4 is 35.8 Å². The van der Waals surface area contributed by atoms with E-state index in [0.29, 0.717) is 12.0 Å². The molecule has 0 radical (unpaired) electrons. The molecule has 0 aromatic carbocycles. The Kier molecular flexibility index (Phi) is 11.0. The summed E-state index contributed by atoms with van der Waals surface area (Å²) in [4.78, 5) is 20.8. The summed E-state index contributed by atoms with van der Waals surface area (Å²) in [5, 5.41) is 7.05. The van der Waals surface area contributed by atoms with Crippen LogP contribution in [0, 0.1) is 5.92 Å². The molecule has 1 atom stereocenters. The number of hydrogen-bond acceptors (Lipinski definition) is 4. The molecular weight excluding hydrogens is 481 g/mol. The van der Waals surface area contributed by atoms with Crippen LogP contribution in [-0.4, -0.2) is 87.2 Å². The molecule has 1 unspecified atom stereocenters. The monoisotopic (exact) mass is 521 g/mol. The molecule has 7 nitrogen and oxygen atoms in total. The molecule has 2 heterocycles. The van der Waals surface area contributed by atoms with E-state index in [0.717, 1.165) is 51.0 Å². The van der Waals surface area contributed by atoms with E-state index in [1.165, 1.54) is 45.2 Å². The topological polar surface area (TPSA) is 69.2 Å². The van der Waals surface area contributed by atoms with Crippen molar-refractivity contribution in [1.29, 1.82) is 0 Å². The van der Waals surface area contributed by atoms with Crippen molar-refractivity contribution in [2.75, 3.05) is 53.5 Å². The Labute approximate surface area is 193 Å². The quantitative estimate of drug-likeness (QED) is 0.318. The van der Waals surface area contributed by atoms with Gasteiger partial charge in [0, 0.05) is 58.3 Å². The maximum atomic E-state index is 12.0. The number of nitrogens with zero attached hydrogens (tertiary/aromatic N) is 3. The number of likely N-dealkylation sites (tertiary alicyclic amines) is 1. The minimum atomic E-state index is 0. The fourth-order valence-electron chi connectivity index (χ4n) is 4.47. The fraction of sp³-hybridized carbons (Fsp3) is 0.905. The van der Waals surface area contributed by atoms with Crippen LogP contribution in [0.4, 0.5) is 0 Å². The van der Waals surface area contributed by atoms with E-state index in [1.807, 2.05) is 0 Å². The molecule has 8 heteroatoms. The van der Waals surface area contributed by atoms with Crippen LogP contribution >= 0.6 is 24.0 Å². The Morgan fingerprint density at radius 3 is 2.45 bits per heavy atom. The molecule has 0 aromatic rings. The molecule has 2 N–H and O–H groups in total. The molecule has 2 saturated heterocycles. The second kappa shape index (κ2) is 12.9. The van der Waals surface area contributed by atoms with Gasteiger partial charge in [-0.25, -0.2) is 4.99 Å². The second-order valence-electron chi connectivity index (χ2n) is 8.81. The molecule has 29 heavy (non-hydrogen) atoms. The van der Waals surface area contributed by atoms with Gasteiger partial charge in [0.05, 0.1) is 6.61 Å². The first kappa shape index (κ1) is 24.7. The van der Waals surface area contributed by atoms with Crippen molar-refractivity contribution in [3.63, 3.8) is 0 Å². The number of piperidine rings is 1. The molecule has 3 fully saturated rings. The normalized spacial score (nSPS) is 24.8. The third kappa shape index (κ3) is 8.20. The summed E-state index contributed by atoms with van der Waals surface area (Å²) in [6, 6.07) is 1.24. The third-order valence-corrected chi connectivity index (χ3v) is 6.41. The Balaban J connectivity index is 0.00000300. The van der Waals surface area contributed by atoms with Gasteiger partial charge in [0.25, 0.3) is 0 Å². The van der Waals surface area contributed by atoms with E-state index >= 15 is 0 Å². The maximum absolute atomic E-state index is 12.0. The zero-order valence-corrected chi connectivity index (χ0v) is 20.5. The lowest BCUT2D eigenvalue weighted by Gasteiger charge is -2.39. The minimum Gasteiger partial charge on any atom is -0.381 e. The minimum absolute atomic E-state index is 0. The lowest BCUT2D eigenvalue weighted by Crippen LogP contribution is -2.51. The van der Waals surface area contributed by atoms with Gasteiger partial charge in [-0.05, 0) is 32.1 Å². The predicted molar refractivity (Wildman–Crippen MR) is 128 cm³/mol. The Morgan fingerprint density at radius 1 is 1.10 bits per heavy atom. The number of halogens is 1. The summed E-state index contributed by atoms with van der Waals surface area (Å²) in [6.45, 7) is 5.04. The van der Waals surface area contributed by atoms with E-state index in [1.54, 1.807) is 19.0 Å². The summed E-state index contributed by atoms with van der Waals surface area (Å²) in [5.41, 5.74) is 0. The maximum Gasteiger partial charge on any atom is 0.243 e. The van der Waals surface area contributed by atoms with Crippen molar-refractivity contribution in [2.45, 2.75) is 63.5 Å². The van der Waals surface area contributed by atoms with Gasteiger partial charge in [-0.2, -0.15) is 0 Å². The smallest absolute Gasteiger partial charge is 0.243 e. The molecule has 1 amide bonds. The number of rotatable bonds is 6. The molecule has 3 rings (SSSR count). The van der Waals surface area contributed by atoms with Crippen molar-refractivity contribution < 1.29 is 9.53 Å². The molecule has 1 saturated carbocycles. The van der Waals surface area contributed by atoms with Gasteiger partial charge in [-0.3, -0.25) is 4.79 Å². The first-order valence-corrected chi connectivity index (χ1v) is 11.2. The highest BCUT2D eigenvalue weighted by molar-refractivity contribution is 14.0. The number of guanidine groups is 1. The number of carbonyl (C=O) groups excluding carboxylic acids is 1. The first-order chi connectivity index (χ1) is 13.6. The number of amides is 1. The summed E-state index contributed by atoms with van der Waals surface area (Å²) in [7, 11) is 3.55. The molecule has 0 bridgehead atoms. The molecule has 0 spiro atoms. The highest BCUT2D eigenvalue weighted by Gasteiger charge is 2.26. The van der Waals surface area contributed by atoms with Crippen LogP contribution < -0.4 is 10.6 Å². The van der Waals surface area contributed by atoms with Crippen LogP contribution in [0.5, 0.6) is 0 Å². The standard InChI is InChI=1S/C21H39N5O2.HI/c1-25(2)20(27)15-23-21(22-14-17-10-13-28-16-17)24-18-8-11-26(12-9-18)19-6-4-3-5-7-19;/h17-19H,3-16H2,1-2H3,(H2,22,23,24);1H. The number of ether oxygens (including phenoxy) is 1. The van der Waals surface area contributed by atoms with E-state index < -0.39 is 0 Å². The molecule has 1 aliphatic carbocycles. The van der Waals surface area contributed by atoms with Gasteiger partial charge in [0.15, 0.2) is 5.96 Å². The molecular formula is C21H40IN5O2. The Hall–Kier alpha value is -0.610. The fourth-order valence-corrected chi connectivity index (χ4v) is 4.47. The van der Waals surface area contributed by atoms with Crippen molar-refractivity contribution in [2.24, 2.45) is 10.9 Å². The lowest BCUT2D eigenvalue weighted by molar-refractivity contribution is -0.127. The van der Waals surface area contributed by atoms with E-state index in [-0.39, 0.29) is 36.4 Å². The SMILES string of the molecule is CN(C)C(=O)CN=C(NCC1CCOC1)NC1CCN(C2CCCCC2)CC1.I. The van der Waals surface area contributed by atoms with Crippen LogP contribution in [-0.2, 0) is 9.53 Å². The van der Waals surface area contributed by atoms with Crippen LogP contribution in [0.25, 0.3) is 0 Å². The summed E-state index contributed by atoms with van der Waals surface area (Å²) in [6.07, 6.45) is 10.3. The number of likely N-dealkylation sites (N-methyl/N-ethyl adjacent to an activating group) is 1.